The minimum atomic E-state index is 0.427. The van der Waals surface area contributed by atoms with Crippen molar-refractivity contribution in [2.75, 3.05) is 0 Å². The molecule has 0 unspecified atom stereocenters. The molecule has 0 aliphatic heterocycles. The van der Waals surface area contributed by atoms with E-state index in [9.17, 15) is 0 Å². The lowest BCUT2D eigenvalue weighted by atomic mass is 10.0. The topological polar surface area (TPSA) is 30.7 Å². The predicted octanol–water partition coefficient (Wildman–Crippen LogP) is 3.51. The molecule has 2 aromatic heterocycles. The Morgan fingerprint density at radius 1 is 1.17 bits per heavy atom. The van der Waals surface area contributed by atoms with Gasteiger partial charge in [-0.25, -0.2) is 9.97 Å². The molecule has 5 heteroatoms. The first-order valence-corrected chi connectivity index (χ1v) is 6.83. The lowest BCUT2D eigenvalue weighted by molar-refractivity contribution is 0.628. The number of nitrogens with zero attached hydrogens (tertiary/aromatic N) is 3. The summed E-state index contributed by atoms with van der Waals surface area (Å²) in [7, 11) is 0. The van der Waals surface area contributed by atoms with Crippen molar-refractivity contribution < 1.29 is 0 Å². The summed E-state index contributed by atoms with van der Waals surface area (Å²) in [6.07, 6.45) is 6.59. The molecule has 2 aromatic rings. The molecular weight excluding hydrogens is 269 g/mol. The number of aryl methyl sites for hydroxylation is 1. The largest absolute Gasteiger partial charge is 0.330 e. The Hall–Kier alpha value is -1.06. The van der Waals surface area contributed by atoms with Crippen LogP contribution in [0.4, 0.5) is 0 Å². The fourth-order valence-corrected chi connectivity index (χ4v) is 2.81. The molecule has 0 saturated heterocycles. The highest BCUT2D eigenvalue weighted by atomic mass is 35.5. The van der Waals surface area contributed by atoms with E-state index in [0.717, 1.165) is 18.4 Å². The van der Waals surface area contributed by atoms with Crippen LogP contribution in [0.15, 0.2) is 18.5 Å². The van der Waals surface area contributed by atoms with Gasteiger partial charge in [0.25, 0.3) is 0 Å². The van der Waals surface area contributed by atoms with Gasteiger partial charge in [-0.1, -0.05) is 29.3 Å². The highest BCUT2D eigenvalue weighted by molar-refractivity contribution is 6.32. The van der Waals surface area contributed by atoms with Gasteiger partial charge in [-0.3, -0.25) is 0 Å². The molecule has 0 radical (unpaired) electrons. The van der Waals surface area contributed by atoms with E-state index in [4.69, 9.17) is 23.2 Å². The Labute approximate surface area is 116 Å². The first-order chi connectivity index (χ1) is 8.74. The first-order valence-electron chi connectivity index (χ1n) is 6.08. The Balaban J connectivity index is 1.90. The van der Waals surface area contributed by atoms with Crippen molar-refractivity contribution in [3.05, 3.63) is 45.7 Å². The van der Waals surface area contributed by atoms with Gasteiger partial charge in [0.05, 0.1) is 18.6 Å². The molecule has 0 bridgehead atoms. The van der Waals surface area contributed by atoms with E-state index < -0.39 is 0 Å². The summed E-state index contributed by atoms with van der Waals surface area (Å²) < 4.78 is 2.17. The molecule has 1 aliphatic rings. The van der Waals surface area contributed by atoms with Crippen LogP contribution in [-0.2, 0) is 19.4 Å². The molecule has 0 saturated carbocycles. The molecule has 3 rings (SSSR count). The van der Waals surface area contributed by atoms with Gasteiger partial charge >= 0.3 is 0 Å². The predicted molar refractivity (Wildman–Crippen MR) is 72.2 cm³/mol. The lowest BCUT2D eigenvalue weighted by Gasteiger charge is -2.14. The van der Waals surface area contributed by atoms with E-state index in [0.29, 0.717) is 16.9 Å². The van der Waals surface area contributed by atoms with Crippen LogP contribution in [-0.4, -0.2) is 14.5 Å². The van der Waals surface area contributed by atoms with Gasteiger partial charge in [0.1, 0.15) is 10.3 Å². The Kier molecular flexibility index (Phi) is 3.27. The van der Waals surface area contributed by atoms with E-state index in [2.05, 4.69) is 14.5 Å². The van der Waals surface area contributed by atoms with Gasteiger partial charge in [-0.05, 0) is 31.7 Å². The summed E-state index contributed by atoms with van der Waals surface area (Å²) in [4.78, 5) is 8.54. The minimum absolute atomic E-state index is 0.427. The second kappa shape index (κ2) is 4.90. The number of rotatable bonds is 2. The standard InChI is InChI=1S/C13H13Cl2N3/c14-12-6-5-9(13(15)17-12)7-18-8-16-10-3-1-2-4-11(10)18/h5-6,8H,1-4,7H2. The van der Waals surface area contributed by atoms with E-state index in [-0.39, 0.29) is 0 Å². The number of hydrogen-bond acceptors (Lipinski definition) is 2. The Bertz CT molecular complexity index is 578. The van der Waals surface area contributed by atoms with E-state index in [1.165, 1.54) is 24.2 Å². The van der Waals surface area contributed by atoms with Gasteiger partial charge in [-0.2, -0.15) is 0 Å². The molecule has 18 heavy (non-hydrogen) atoms. The third-order valence-corrected chi connectivity index (χ3v) is 3.88. The Morgan fingerprint density at radius 2 is 2.00 bits per heavy atom. The lowest BCUT2D eigenvalue weighted by Crippen LogP contribution is -2.09. The second-order valence-corrected chi connectivity index (χ2v) is 5.30. The first kappa shape index (κ1) is 12.0. The average Bonchev–Trinajstić information content (AvgIpc) is 2.76. The van der Waals surface area contributed by atoms with E-state index >= 15 is 0 Å². The Morgan fingerprint density at radius 3 is 2.83 bits per heavy atom. The summed E-state index contributed by atoms with van der Waals surface area (Å²) in [6.45, 7) is 0.714. The van der Waals surface area contributed by atoms with Crippen LogP contribution in [0.2, 0.25) is 10.3 Å². The molecule has 2 heterocycles. The number of hydrogen-bond donors (Lipinski definition) is 0. The highest BCUT2D eigenvalue weighted by Crippen LogP contribution is 2.23. The van der Waals surface area contributed by atoms with Crippen molar-refractivity contribution in [2.45, 2.75) is 32.2 Å². The van der Waals surface area contributed by atoms with Crippen LogP contribution in [0.25, 0.3) is 0 Å². The molecule has 0 amide bonds. The number of imidazole rings is 1. The summed E-state index contributed by atoms with van der Waals surface area (Å²) in [5.41, 5.74) is 3.55. The molecule has 0 spiro atoms. The molecular formula is C13H13Cl2N3. The molecule has 3 nitrogen and oxygen atoms in total. The van der Waals surface area contributed by atoms with Gasteiger partial charge in [0, 0.05) is 11.3 Å². The number of fused-ring (bicyclic) bond motifs is 1. The maximum atomic E-state index is 6.10. The number of halogens is 2. The molecule has 94 valence electrons. The van der Waals surface area contributed by atoms with E-state index in [1.54, 1.807) is 6.07 Å². The van der Waals surface area contributed by atoms with Crippen LogP contribution in [0.3, 0.4) is 0 Å². The smallest absolute Gasteiger partial charge is 0.135 e. The summed E-state index contributed by atoms with van der Waals surface area (Å²) >= 11 is 11.9. The van der Waals surface area contributed by atoms with Crippen LogP contribution < -0.4 is 0 Å². The van der Waals surface area contributed by atoms with Gasteiger partial charge in [0.2, 0.25) is 0 Å². The number of aromatic nitrogens is 3. The third kappa shape index (κ3) is 2.25. The maximum absolute atomic E-state index is 6.10. The zero-order chi connectivity index (χ0) is 12.5. The normalized spacial score (nSPS) is 14.6. The summed E-state index contributed by atoms with van der Waals surface area (Å²) in [6, 6.07) is 3.69. The van der Waals surface area contributed by atoms with Gasteiger partial charge < -0.3 is 4.57 Å². The molecule has 0 N–H and O–H groups in total. The SMILES string of the molecule is Clc1ccc(Cn2cnc3c2CCCC3)c(Cl)n1. The van der Waals surface area contributed by atoms with Crippen molar-refractivity contribution in [3.63, 3.8) is 0 Å². The van der Waals surface area contributed by atoms with Crippen LogP contribution in [0.5, 0.6) is 0 Å². The van der Waals surface area contributed by atoms with Gasteiger partial charge in [0.15, 0.2) is 0 Å². The van der Waals surface area contributed by atoms with Crippen molar-refractivity contribution in [1.82, 2.24) is 14.5 Å². The van der Waals surface area contributed by atoms with Crippen molar-refractivity contribution in [1.29, 1.82) is 0 Å². The quantitative estimate of drug-likeness (QED) is 0.789. The second-order valence-electron chi connectivity index (χ2n) is 4.56. The third-order valence-electron chi connectivity index (χ3n) is 3.34. The van der Waals surface area contributed by atoms with Crippen molar-refractivity contribution >= 4 is 23.2 Å². The average molecular weight is 282 g/mol. The summed E-state index contributed by atoms with van der Waals surface area (Å²) in [5.74, 6) is 0. The fraction of sp³-hybridized carbons (Fsp3) is 0.385. The minimum Gasteiger partial charge on any atom is -0.330 e. The molecule has 1 aliphatic carbocycles. The fourth-order valence-electron chi connectivity index (χ4n) is 2.41. The van der Waals surface area contributed by atoms with Crippen LogP contribution in [0, 0.1) is 0 Å². The highest BCUT2D eigenvalue weighted by Gasteiger charge is 2.15. The van der Waals surface area contributed by atoms with Gasteiger partial charge in [-0.15, -0.1) is 0 Å². The van der Waals surface area contributed by atoms with Crippen LogP contribution >= 0.6 is 23.2 Å². The number of pyridine rings is 1. The van der Waals surface area contributed by atoms with Crippen molar-refractivity contribution in [3.8, 4) is 0 Å². The maximum Gasteiger partial charge on any atom is 0.135 e. The van der Waals surface area contributed by atoms with Crippen molar-refractivity contribution in [2.24, 2.45) is 0 Å². The zero-order valence-electron chi connectivity index (χ0n) is 9.87. The zero-order valence-corrected chi connectivity index (χ0v) is 11.4. The molecule has 0 atom stereocenters. The summed E-state index contributed by atoms with van der Waals surface area (Å²) in [5, 5.41) is 0.900. The van der Waals surface area contributed by atoms with Crippen LogP contribution in [0.1, 0.15) is 29.8 Å². The van der Waals surface area contributed by atoms with E-state index in [1.807, 2.05) is 12.4 Å². The monoisotopic (exact) mass is 281 g/mol. The molecule has 0 aromatic carbocycles. The molecule has 0 fully saturated rings.